The SMILES string of the molecule is CNC(=O)NC(=O)C(C)NC1CCCc2sccc21. The van der Waals surface area contributed by atoms with E-state index in [1.807, 2.05) is 0 Å². The molecule has 0 aliphatic heterocycles. The van der Waals surface area contributed by atoms with Gasteiger partial charge < -0.3 is 5.32 Å². The highest BCUT2D eigenvalue weighted by molar-refractivity contribution is 7.10. The molecule has 3 amide bonds. The largest absolute Gasteiger partial charge is 0.341 e. The van der Waals surface area contributed by atoms with E-state index in [9.17, 15) is 9.59 Å². The molecule has 6 heteroatoms. The molecule has 1 aromatic heterocycles. The molecule has 2 unspecified atom stereocenters. The highest BCUT2D eigenvalue weighted by Crippen LogP contribution is 2.33. The van der Waals surface area contributed by atoms with Crippen molar-refractivity contribution in [1.82, 2.24) is 16.0 Å². The number of carbonyl (C=O) groups is 2. The second kappa shape index (κ2) is 6.16. The molecule has 1 aliphatic rings. The lowest BCUT2D eigenvalue weighted by Gasteiger charge is -2.26. The van der Waals surface area contributed by atoms with Crippen LogP contribution in [0.15, 0.2) is 11.4 Å². The lowest BCUT2D eigenvalue weighted by atomic mass is 9.93. The Bertz CT molecular complexity index is 472. The molecule has 5 nitrogen and oxygen atoms in total. The maximum absolute atomic E-state index is 11.8. The van der Waals surface area contributed by atoms with E-state index in [0.29, 0.717) is 0 Å². The van der Waals surface area contributed by atoms with Crippen LogP contribution in [0.5, 0.6) is 0 Å². The number of aryl methyl sites for hydroxylation is 1. The minimum Gasteiger partial charge on any atom is -0.341 e. The van der Waals surface area contributed by atoms with Gasteiger partial charge in [-0.3, -0.25) is 15.4 Å². The van der Waals surface area contributed by atoms with Crippen molar-refractivity contribution in [2.75, 3.05) is 7.05 Å². The third kappa shape index (κ3) is 3.33. The molecular weight excluding hydrogens is 262 g/mol. The second-order valence-electron chi connectivity index (χ2n) is 4.70. The fraction of sp³-hybridized carbons (Fsp3) is 0.538. The number of imide groups is 1. The van der Waals surface area contributed by atoms with Crippen LogP contribution in [0.4, 0.5) is 4.79 Å². The molecule has 0 saturated carbocycles. The highest BCUT2D eigenvalue weighted by atomic mass is 32.1. The molecule has 3 N–H and O–H groups in total. The van der Waals surface area contributed by atoms with Gasteiger partial charge in [0, 0.05) is 18.0 Å². The van der Waals surface area contributed by atoms with Crippen molar-refractivity contribution in [3.8, 4) is 0 Å². The molecule has 0 aromatic carbocycles. The van der Waals surface area contributed by atoms with Crippen LogP contribution in [-0.2, 0) is 11.2 Å². The maximum atomic E-state index is 11.8. The van der Waals surface area contributed by atoms with Crippen molar-refractivity contribution >= 4 is 23.3 Å². The van der Waals surface area contributed by atoms with Gasteiger partial charge in [-0.2, -0.15) is 0 Å². The molecule has 2 rings (SSSR count). The number of hydrogen-bond donors (Lipinski definition) is 3. The van der Waals surface area contributed by atoms with Crippen LogP contribution in [0.3, 0.4) is 0 Å². The molecular formula is C13H19N3O2S. The number of nitrogens with one attached hydrogen (secondary N) is 3. The molecule has 1 aromatic rings. The summed E-state index contributed by atoms with van der Waals surface area (Å²) in [5.41, 5.74) is 1.30. The topological polar surface area (TPSA) is 70.2 Å². The van der Waals surface area contributed by atoms with Gasteiger partial charge in [0.15, 0.2) is 0 Å². The van der Waals surface area contributed by atoms with Crippen LogP contribution < -0.4 is 16.0 Å². The van der Waals surface area contributed by atoms with Gasteiger partial charge in [-0.1, -0.05) is 0 Å². The van der Waals surface area contributed by atoms with Crippen LogP contribution in [0.25, 0.3) is 0 Å². The Morgan fingerprint density at radius 1 is 1.47 bits per heavy atom. The first kappa shape index (κ1) is 14.0. The fourth-order valence-corrected chi connectivity index (χ4v) is 3.31. The van der Waals surface area contributed by atoms with Crippen molar-refractivity contribution < 1.29 is 9.59 Å². The zero-order valence-corrected chi connectivity index (χ0v) is 12.0. The Hall–Kier alpha value is -1.40. The van der Waals surface area contributed by atoms with Crippen molar-refractivity contribution in [3.63, 3.8) is 0 Å². The normalized spacial score (nSPS) is 19.4. The Balaban J connectivity index is 1.95. The summed E-state index contributed by atoms with van der Waals surface area (Å²) in [6.07, 6.45) is 3.29. The monoisotopic (exact) mass is 281 g/mol. The molecule has 1 aliphatic carbocycles. The Labute approximate surface area is 116 Å². The summed E-state index contributed by atoms with van der Waals surface area (Å²) in [5, 5.41) is 10.1. The van der Waals surface area contributed by atoms with E-state index in [4.69, 9.17) is 0 Å². The Morgan fingerprint density at radius 2 is 2.26 bits per heavy atom. The predicted molar refractivity (Wildman–Crippen MR) is 75.2 cm³/mol. The molecule has 0 saturated heterocycles. The van der Waals surface area contributed by atoms with Gasteiger partial charge in [-0.15, -0.1) is 11.3 Å². The van der Waals surface area contributed by atoms with E-state index >= 15 is 0 Å². The van der Waals surface area contributed by atoms with Gasteiger partial charge in [0.2, 0.25) is 5.91 Å². The predicted octanol–water partition coefficient (Wildman–Crippen LogP) is 1.56. The summed E-state index contributed by atoms with van der Waals surface area (Å²) in [4.78, 5) is 24.3. The number of hydrogen-bond acceptors (Lipinski definition) is 4. The van der Waals surface area contributed by atoms with Crippen LogP contribution in [0.1, 0.15) is 36.2 Å². The van der Waals surface area contributed by atoms with E-state index in [0.717, 1.165) is 19.3 Å². The first-order valence-corrected chi connectivity index (χ1v) is 7.34. The number of amides is 3. The minimum atomic E-state index is -0.474. The van der Waals surface area contributed by atoms with Gasteiger partial charge in [-0.05, 0) is 43.2 Å². The second-order valence-corrected chi connectivity index (χ2v) is 5.70. The molecule has 2 atom stereocenters. The van der Waals surface area contributed by atoms with Crippen LogP contribution in [-0.4, -0.2) is 25.0 Å². The average molecular weight is 281 g/mol. The number of urea groups is 1. The third-order valence-corrected chi connectivity index (χ3v) is 4.36. The lowest BCUT2D eigenvalue weighted by molar-refractivity contribution is -0.121. The van der Waals surface area contributed by atoms with Crippen molar-refractivity contribution in [3.05, 3.63) is 21.9 Å². The van der Waals surface area contributed by atoms with Crippen molar-refractivity contribution in [2.24, 2.45) is 0 Å². The van der Waals surface area contributed by atoms with Gasteiger partial charge >= 0.3 is 6.03 Å². The summed E-state index contributed by atoms with van der Waals surface area (Å²) >= 11 is 1.77. The summed E-state index contributed by atoms with van der Waals surface area (Å²) in [5.74, 6) is -0.304. The number of thiophene rings is 1. The maximum Gasteiger partial charge on any atom is 0.321 e. The van der Waals surface area contributed by atoms with Crippen LogP contribution >= 0.6 is 11.3 Å². The van der Waals surface area contributed by atoms with Gasteiger partial charge in [0.25, 0.3) is 0 Å². The molecule has 0 spiro atoms. The molecule has 19 heavy (non-hydrogen) atoms. The summed E-state index contributed by atoms with van der Waals surface area (Å²) in [6, 6.07) is 1.47. The molecule has 0 radical (unpaired) electrons. The van der Waals surface area contributed by atoms with Crippen molar-refractivity contribution in [1.29, 1.82) is 0 Å². The van der Waals surface area contributed by atoms with Crippen LogP contribution in [0.2, 0.25) is 0 Å². The van der Waals surface area contributed by atoms with E-state index in [1.54, 1.807) is 18.3 Å². The van der Waals surface area contributed by atoms with E-state index < -0.39 is 12.1 Å². The van der Waals surface area contributed by atoms with E-state index in [1.165, 1.54) is 17.5 Å². The van der Waals surface area contributed by atoms with E-state index in [2.05, 4.69) is 27.4 Å². The first-order chi connectivity index (χ1) is 9.11. The highest BCUT2D eigenvalue weighted by Gasteiger charge is 2.25. The molecule has 104 valence electrons. The molecule has 0 fully saturated rings. The van der Waals surface area contributed by atoms with Crippen molar-refractivity contribution in [2.45, 2.75) is 38.3 Å². The summed E-state index contributed by atoms with van der Waals surface area (Å²) < 4.78 is 0. The lowest BCUT2D eigenvalue weighted by Crippen LogP contribution is -2.48. The Morgan fingerprint density at radius 3 is 3.00 bits per heavy atom. The zero-order chi connectivity index (χ0) is 13.8. The number of carbonyl (C=O) groups excluding carboxylic acids is 2. The first-order valence-electron chi connectivity index (χ1n) is 6.46. The van der Waals surface area contributed by atoms with Gasteiger partial charge in [-0.25, -0.2) is 4.79 Å². The number of fused-ring (bicyclic) bond motifs is 1. The third-order valence-electron chi connectivity index (χ3n) is 3.36. The quantitative estimate of drug-likeness (QED) is 0.787. The Kier molecular flexibility index (Phi) is 4.55. The van der Waals surface area contributed by atoms with Gasteiger partial charge in [0.1, 0.15) is 0 Å². The van der Waals surface area contributed by atoms with Crippen LogP contribution in [0, 0.1) is 0 Å². The standard InChI is InChI=1S/C13H19N3O2S/c1-8(12(17)16-13(18)14-2)15-10-4-3-5-11-9(10)6-7-19-11/h6-8,10,15H,3-5H2,1-2H3,(H2,14,16,17,18). The molecule has 0 bridgehead atoms. The number of rotatable bonds is 3. The summed E-state index contributed by atoms with van der Waals surface area (Å²) in [7, 11) is 1.49. The average Bonchev–Trinajstić information content (AvgIpc) is 2.87. The minimum absolute atomic E-state index is 0.209. The molecule has 1 heterocycles. The van der Waals surface area contributed by atoms with Gasteiger partial charge in [0.05, 0.1) is 6.04 Å². The summed E-state index contributed by atoms with van der Waals surface area (Å²) in [6.45, 7) is 1.78. The smallest absolute Gasteiger partial charge is 0.321 e. The fourth-order valence-electron chi connectivity index (χ4n) is 2.32. The zero-order valence-electron chi connectivity index (χ0n) is 11.2. The van der Waals surface area contributed by atoms with E-state index in [-0.39, 0.29) is 11.9 Å².